The Morgan fingerprint density at radius 3 is 2.73 bits per heavy atom. The molecule has 0 unspecified atom stereocenters. The number of nitrogens with zero attached hydrogens (tertiary/aromatic N) is 2. The maximum Gasteiger partial charge on any atom is 0.174 e. The fraction of sp³-hybridized carbons (Fsp3) is 0.125. The average molecular weight is 360 g/mol. The lowest BCUT2D eigenvalue weighted by Gasteiger charge is -2.10. The third kappa shape index (κ3) is 4.24. The summed E-state index contributed by atoms with van der Waals surface area (Å²) in [5.74, 6) is 1.05. The van der Waals surface area contributed by atoms with Gasteiger partial charge in [0.05, 0.1) is 19.0 Å². The molecule has 0 saturated heterocycles. The van der Waals surface area contributed by atoms with Gasteiger partial charge in [0.15, 0.2) is 18.1 Å². The summed E-state index contributed by atoms with van der Waals surface area (Å²) in [6.45, 7) is -0.0359. The monoisotopic (exact) mass is 359 g/mol. The summed E-state index contributed by atoms with van der Waals surface area (Å²) in [4.78, 5) is 0. The maximum atomic E-state index is 8.58. The second-order valence-electron chi connectivity index (χ2n) is 4.21. The summed E-state index contributed by atoms with van der Waals surface area (Å²) in [6, 6.07) is 15.1. The molecule has 5 nitrogen and oxygen atoms in total. The zero-order chi connectivity index (χ0) is 15.8. The number of halogens is 1. The van der Waals surface area contributed by atoms with Crippen molar-refractivity contribution in [1.82, 2.24) is 0 Å². The summed E-state index contributed by atoms with van der Waals surface area (Å²) >= 11 is 3.45. The molecular weight excluding hydrogens is 346 g/mol. The van der Waals surface area contributed by atoms with Crippen molar-refractivity contribution in [3.05, 3.63) is 52.5 Å². The molecule has 2 aromatic rings. The highest BCUT2D eigenvalue weighted by Crippen LogP contribution is 2.32. The van der Waals surface area contributed by atoms with Gasteiger partial charge < -0.3 is 9.47 Å². The summed E-state index contributed by atoms with van der Waals surface area (Å²) in [6.07, 6.45) is 1.67. The number of rotatable bonds is 6. The van der Waals surface area contributed by atoms with E-state index in [1.807, 2.05) is 36.4 Å². The highest BCUT2D eigenvalue weighted by Gasteiger charge is 2.09. The minimum Gasteiger partial charge on any atom is -0.493 e. The minimum atomic E-state index is -0.0359. The number of benzene rings is 2. The van der Waals surface area contributed by atoms with Gasteiger partial charge in [-0.2, -0.15) is 10.4 Å². The van der Waals surface area contributed by atoms with Gasteiger partial charge in [-0.25, -0.2) is 0 Å². The Morgan fingerprint density at radius 1 is 1.27 bits per heavy atom. The van der Waals surface area contributed by atoms with E-state index in [1.54, 1.807) is 25.5 Å². The predicted octanol–water partition coefficient (Wildman–Crippen LogP) is 3.81. The summed E-state index contributed by atoms with van der Waals surface area (Å²) < 4.78 is 11.4. The van der Waals surface area contributed by atoms with Crippen LogP contribution in [-0.4, -0.2) is 19.9 Å². The number of methoxy groups -OCH3 is 1. The molecule has 0 saturated carbocycles. The number of ether oxygens (including phenoxy) is 2. The zero-order valence-electron chi connectivity index (χ0n) is 11.9. The lowest BCUT2D eigenvalue weighted by Crippen LogP contribution is -1.99. The predicted molar refractivity (Wildman–Crippen MR) is 89.5 cm³/mol. The van der Waals surface area contributed by atoms with Gasteiger partial charge in [-0.15, -0.1) is 0 Å². The first-order valence-electron chi connectivity index (χ1n) is 6.46. The molecule has 112 valence electrons. The Morgan fingerprint density at radius 2 is 2.05 bits per heavy atom. The van der Waals surface area contributed by atoms with Gasteiger partial charge in [0.2, 0.25) is 0 Å². The third-order valence-corrected chi connectivity index (χ3v) is 3.43. The topological polar surface area (TPSA) is 66.6 Å². The molecule has 0 bridgehead atoms. The lowest BCUT2D eigenvalue weighted by atomic mass is 10.2. The largest absolute Gasteiger partial charge is 0.493 e. The number of nitriles is 1. The number of anilines is 1. The van der Waals surface area contributed by atoms with Crippen LogP contribution in [0, 0.1) is 11.3 Å². The fourth-order valence-corrected chi connectivity index (χ4v) is 2.15. The number of hydrogen-bond acceptors (Lipinski definition) is 5. The second kappa shape index (κ2) is 8.05. The molecule has 22 heavy (non-hydrogen) atoms. The van der Waals surface area contributed by atoms with E-state index in [9.17, 15) is 0 Å². The molecule has 0 heterocycles. The number of hydrogen-bond donors (Lipinski definition) is 1. The van der Waals surface area contributed by atoms with Crippen molar-refractivity contribution in [2.45, 2.75) is 0 Å². The Hall–Kier alpha value is -2.52. The Balaban J connectivity index is 2.15. The number of hydrazone groups is 1. The molecule has 0 fully saturated rings. The fourth-order valence-electron chi connectivity index (χ4n) is 1.72. The van der Waals surface area contributed by atoms with Crippen molar-refractivity contribution in [1.29, 1.82) is 5.26 Å². The smallest absolute Gasteiger partial charge is 0.174 e. The van der Waals surface area contributed by atoms with Crippen LogP contribution in [0.1, 0.15) is 5.56 Å². The van der Waals surface area contributed by atoms with E-state index in [1.165, 1.54) is 0 Å². The highest BCUT2D eigenvalue weighted by atomic mass is 79.9. The van der Waals surface area contributed by atoms with Gasteiger partial charge in [0.1, 0.15) is 6.07 Å². The maximum absolute atomic E-state index is 8.58. The number of para-hydroxylation sites is 1. The van der Waals surface area contributed by atoms with Gasteiger partial charge in [-0.05, 0) is 40.2 Å². The molecule has 0 aromatic heterocycles. The molecular formula is C16H14BrN3O2. The first-order chi connectivity index (χ1) is 10.7. The third-order valence-electron chi connectivity index (χ3n) is 2.75. The van der Waals surface area contributed by atoms with E-state index in [0.29, 0.717) is 11.5 Å². The van der Waals surface area contributed by atoms with Crippen LogP contribution in [0.3, 0.4) is 0 Å². The first-order valence-corrected chi connectivity index (χ1v) is 7.25. The van der Waals surface area contributed by atoms with Crippen molar-refractivity contribution in [2.24, 2.45) is 5.10 Å². The van der Waals surface area contributed by atoms with Crippen molar-refractivity contribution in [3.8, 4) is 17.6 Å². The van der Waals surface area contributed by atoms with E-state index in [-0.39, 0.29) is 6.61 Å². The second-order valence-corrected chi connectivity index (χ2v) is 5.06. The molecule has 0 aliphatic rings. The SMILES string of the molecule is COc1cc(/C=N\Nc2ccccc2)c(Br)cc1OCC#N. The van der Waals surface area contributed by atoms with Gasteiger partial charge in [-0.1, -0.05) is 18.2 Å². The van der Waals surface area contributed by atoms with Crippen LogP contribution in [0.4, 0.5) is 5.69 Å². The van der Waals surface area contributed by atoms with Crippen LogP contribution < -0.4 is 14.9 Å². The van der Waals surface area contributed by atoms with E-state index < -0.39 is 0 Å². The van der Waals surface area contributed by atoms with E-state index in [4.69, 9.17) is 14.7 Å². The average Bonchev–Trinajstić information content (AvgIpc) is 2.55. The highest BCUT2D eigenvalue weighted by molar-refractivity contribution is 9.10. The van der Waals surface area contributed by atoms with E-state index in [2.05, 4.69) is 26.5 Å². The molecule has 0 aliphatic carbocycles. The van der Waals surface area contributed by atoms with Gasteiger partial charge in [0.25, 0.3) is 0 Å². The van der Waals surface area contributed by atoms with Crippen LogP contribution in [0.25, 0.3) is 0 Å². The van der Waals surface area contributed by atoms with Crippen LogP contribution >= 0.6 is 15.9 Å². The van der Waals surface area contributed by atoms with E-state index >= 15 is 0 Å². The van der Waals surface area contributed by atoms with Gasteiger partial charge in [-0.3, -0.25) is 5.43 Å². The molecule has 2 aromatic carbocycles. The summed E-state index contributed by atoms with van der Waals surface area (Å²) in [7, 11) is 1.55. The first kappa shape index (κ1) is 15.9. The van der Waals surface area contributed by atoms with Crippen LogP contribution in [0.2, 0.25) is 0 Å². The standard InChI is InChI=1S/C16H14BrN3O2/c1-21-15-9-12(14(17)10-16(15)22-8-7-18)11-19-20-13-5-3-2-4-6-13/h2-6,9-11,20H,8H2,1H3/b19-11-. The van der Waals surface area contributed by atoms with Crippen molar-refractivity contribution in [2.75, 3.05) is 19.1 Å². The van der Waals surface area contributed by atoms with E-state index in [0.717, 1.165) is 15.7 Å². The molecule has 6 heteroatoms. The molecule has 0 radical (unpaired) electrons. The van der Waals surface area contributed by atoms with Crippen molar-refractivity contribution in [3.63, 3.8) is 0 Å². The lowest BCUT2D eigenvalue weighted by molar-refractivity contribution is 0.329. The molecule has 0 spiro atoms. The van der Waals surface area contributed by atoms with Crippen molar-refractivity contribution < 1.29 is 9.47 Å². The Labute approximate surface area is 137 Å². The van der Waals surface area contributed by atoms with Crippen LogP contribution in [-0.2, 0) is 0 Å². The van der Waals surface area contributed by atoms with Crippen LogP contribution in [0.5, 0.6) is 11.5 Å². The number of nitrogens with one attached hydrogen (secondary N) is 1. The minimum absolute atomic E-state index is 0.0359. The summed E-state index contributed by atoms with van der Waals surface area (Å²) in [5, 5.41) is 12.8. The van der Waals surface area contributed by atoms with Gasteiger partial charge >= 0.3 is 0 Å². The quantitative estimate of drug-likeness (QED) is 0.629. The van der Waals surface area contributed by atoms with Crippen LogP contribution in [0.15, 0.2) is 52.0 Å². The van der Waals surface area contributed by atoms with Gasteiger partial charge in [0, 0.05) is 10.0 Å². The van der Waals surface area contributed by atoms with Crippen molar-refractivity contribution >= 4 is 27.8 Å². The molecule has 1 N–H and O–H groups in total. The summed E-state index contributed by atoms with van der Waals surface area (Å²) in [5.41, 5.74) is 4.66. The normalized spacial score (nSPS) is 10.2. The molecule has 2 rings (SSSR count). The molecule has 0 aliphatic heterocycles. The Bertz CT molecular complexity index is 697. The Kier molecular flexibility index (Phi) is 5.81. The molecule has 0 atom stereocenters. The zero-order valence-corrected chi connectivity index (χ0v) is 13.5. The molecule has 0 amide bonds.